The predicted molar refractivity (Wildman–Crippen MR) is 101 cm³/mol. The summed E-state index contributed by atoms with van der Waals surface area (Å²) < 4.78 is 0. The number of rotatable bonds is 4. The number of hydrogen-bond donors (Lipinski definition) is 1. The number of aryl methyl sites for hydroxylation is 2. The maximum atomic E-state index is 10.5. The number of nitrogens with zero attached hydrogens (tertiary/aromatic N) is 4. The van der Waals surface area contributed by atoms with E-state index in [4.69, 9.17) is 4.98 Å². The molecule has 0 radical (unpaired) electrons. The molecule has 0 unspecified atom stereocenters. The van der Waals surface area contributed by atoms with Gasteiger partial charge in [-0.2, -0.15) is 0 Å². The molecule has 1 fully saturated rings. The summed E-state index contributed by atoms with van der Waals surface area (Å²) >= 11 is 0. The van der Waals surface area contributed by atoms with Crippen molar-refractivity contribution in [3.05, 3.63) is 53.0 Å². The van der Waals surface area contributed by atoms with Crippen molar-refractivity contribution in [3.8, 4) is 0 Å². The van der Waals surface area contributed by atoms with Crippen LogP contribution in [-0.2, 0) is 13.0 Å². The van der Waals surface area contributed by atoms with Crippen molar-refractivity contribution < 1.29 is 5.11 Å². The maximum Gasteiger partial charge on any atom is 0.135 e. The Morgan fingerprint density at radius 2 is 1.84 bits per heavy atom. The molecule has 1 N–H and O–H groups in total. The summed E-state index contributed by atoms with van der Waals surface area (Å²) in [6, 6.07) is 10.4. The van der Waals surface area contributed by atoms with Gasteiger partial charge in [-0.1, -0.05) is 37.3 Å². The molecule has 0 amide bonds. The van der Waals surface area contributed by atoms with Gasteiger partial charge in [0.05, 0.1) is 6.10 Å². The molecule has 3 rings (SSSR count). The molecule has 1 aromatic carbocycles. The van der Waals surface area contributed by atoms with Crippen LogP contribution in [-0.4, -0.2) is 52.3 Å². The molecule has 25 heavy (non-hydrogen) atoms. The molecule has 1 aromatic heterocycles. The zero-order valence-electron chi connectivity index (χ0n) is 15.4. The molecule has 0 spiro atoms. The van der Waals surface area contributed by atoms with Crippen LogP contribution in [0.1, 0.15) is 29.6 Å². The van der Waals surface area contributed by atoms with Gasteiger partial charge in [-0.15, -0.1) is 0 Å². The summed E-state index contributed by atoms with van der Waals surface area (Å²) in [5.74, 6) is 1.79. The number of hydrogen-bond acceptors (Lipinski definition) is 5. The summed E-state index contributed by atoms with van der Waals surface area (Å²) in [7, 11) is 0. The highest BCUT2D eigenvalue weighted by molar-refractivity contribution is 5.49. The molecule has 2 heterocycles. The first-order valence-electron chi connectivity index (χ1n) is 9.10. The van der Waals surface area contributed by atoms with Gasteiger partial charge in [0.25, 0.3) is 0 Å². The smallest absolute Gasteiger partial charge is 0.135 e. The average Bonchev–Trinajstić information content (AvgIpc) is 2.76. The fourth-order valence-corrected chi connectivity index (χ4v) is 3.63. The van der Waals surface area contributed by atoms with E-state index in [0.29, 0.717) is 13.1 Å². The van der Waals surface area contributed by atoms with Gasteiger partial charge < -0.3 is 10.0 Å². The first kappa shape index (κ1) is 17.8. The number of anilines is 1. The second-order valence-electron chi connectivity index (χ2n) is 6.83. The predicted octanol–water partition coefficient (Wildman–Crippen LogP) is 2.34. The van der Waals surface area contributed by atoms with E-state index in [0.717, 1.165) is 43.4 Å². The highest BCUT2D eigenvalue weighted by Gasteiger charge is 2.24. The van der Waals surface area contributed by atoms with Crippen molar-refractivity contribution in [2.75, 3.05) is 31.1 Å². The van der Waals surface area contributed by atoms with Crippen LogP contribution in [0, 0.1) is 13.8 Å². The van der Waals surface area contributed by atoms with E-state index in [1.165, 1.54) is 11.1 Å². The fraction of sp³-hybridized carbons (Fsp3) is 0.500. The molecule has 1 saturated heterocycles. The summed E-state index contributed by atoms with van der Waals surface area (Å²) in [6.07, 6.45) is 0.522. The molecule has 1 atom stereocenters. The first-order chi connectivity index (χ1) is 12.1. The first-order valence-corrected chi connectivity index (χ1v) is 9.10. The standard InChI is InChI=1S/C20H28N4O/c1-4-19-15(2)21-16(3)22-20(19)24-11-10-23(13-18(25)14-24)12-17-8-6-5-7-9-17/h5-9,18,25H,4,10-14H2,1-3H3/t18-/m1/s1. The Morgan fingerprint density at radius 1 is 1.08 bits per heavy atom. The van der Waals surface area contributed by atoms with Gasteiger partial charge in [0, 0.05) is 44.0 Å². The third-order valence-corrected chi connectivity index (χ3v) is 4.79. The Hall–Kier alpha value is -1.98. The minimum Gasteiger partial charge on any atom is -0.390 e. The Bertz CT molecular complexity index is 704. The third-order valence-electron chi connectivity index (χ3n) is 4.79. The van der Waals surface area contributed by atoms with Crippen LogP contribution < -0.4 is 4.90 Å². The van der Waals surface area contributed by atoms with Crippen molar-refractivity contribution in [1.29, 1.82) is 0 Å². The van der Waals surface area contributed by atoms with Crippen LogP contribution >= 0.6 is 0 Å². The van der Waals surface area contributed by atoms with E-state index in [-0.39, 0.29) is 6.10 Å². The average molecular weight is 340 g/mol. The van der Waals surface area contributed by atoms with Gasteiger partial charge >= 0.3 is 0 Å². The van der Waals surface area contributed by atoms with Crippen LogP contribution in [0.3, 0.4) is 0 Å². The molecule has 2 aromatic rings. The summed E-state index contributed by atoms with van der Waals surface area (Å²) in [5.41, 5.74) is 3.52. The highest BCUT2D eigenvalue weighted by Crippen LogP contribution is 2.23. The highest BCUT2D eigenvalue weighted by atomic mass is 16.3. The zero-order chi connectivity index (χ0) is 17.8. The van der Waals surface area contributed by atoms with Crippen LogP contribution in [0.4, 0.5) is 5.82 Å². The molecule has 0 aliphatic carbocycles. The normalized spacial score (nSPS) is 19.0. The van der Waals surface area contributed by atoms with Crippen LogP contribution in [0.5, 0.6) is 0 Å². The lowest BCUT2D eigenvalue weighted by Gasteiger charge is -2.26. The monoisotopic (exact) mass is 340 g/mol. The van der Waals surface area contributed by atoms with E-state index in [1.54, 1.807) is 0 Å². The molecule has 5 nitrogen and oxygen atoms in total. The molecule has 1 aliphatic rings. The van der Waals surface area contributed by atoms with E-state index in [1.807, 2.05) is 19.9 Å². The molecular formula is C20H28N4O. The third kappa shape index (κ3) is 4.35. The van der Waals surface area contributed by atoms with Crippen LogP contribution in [0.25, 0.3) is 0 Å². The number of aliphatic hydroxyl groups is 1. The Labute approximate surface area is 150 Å². The largest absolute Gasteiger partial charge is 0.390 e. The van der Waals surface area contributed by atoms with Gasteiger partial charge in [0.15, 0.2) is 0 Å². The molecule has 5 heteroatoms. The topological polar surface area (TPSA) is 52.5 Å². The van der Waals surface area contributed by atoms with Crippen molar-refractivity contribution in [2.45, 2.75) is 39.8 Å². The molecule has 0 bridgehead atoms. The minimum atomic E-state index is -0.383. The summed E-state index contributed by atoms with van der Waals surface area (Å²) in [4.78, 5) is 13.8. The second kappa shape index (κ2) is 7.93. The number of aromatic nitrogens is 2. The number of β-amino-alcohol motifs (C(OH)–C–C–N with tert-alkyl or cyclic N) is 1. The van der Waals surface area contributed by atoms with Crippen molar-refractivity contribution in [2.24, 2.45) is 0 Å². The number of benzene rings is 1. The maximum absolute atomic E-state index is 10.5. The van der Waals surface area contributed by atoms with Crippen molar-refractivity contribution >= 4 is 5.82 Å². The Balaban J connectivity index is 1.77. The van der Waals surface area contributed by atoms with Gasteiger partial charge in [-0.05, 0) is 25.8 Å². The lowest BCUT2D eigenvalue weighted by atomic mass is 10.1. The Morgan fingerprint density at radius 3 is 2.56 bits per heavy atom. The van der Waals surface area contributed by atoms with Gasteiger partial charge in [-0.3, -0.25) is 4.90 Å². The zero-order valence-corrected chi connectivity index (χ0v) is 15.4. The van der Waals surface area contributed by atoms with E-state index < -0.39 is 0 Å². The van der Waals surface area contributed by atoms with Gasteiger partial charge in [0.1, 0.15) is 11.6 Å². The molecule has 134 valence electrons. The van der Waals surface area contributed by atoms with Gasteiger partial charge in [-0.25, -0.2) is 9.97 Å². The van der Waals surface area contributed by atoms with Crippen molar-refractivity contribution in [3.63, 3.8) is 0 Å². The minimum absolute atomic E-state index is 0.383. The van der Waals surface area contributed by atoms with Crippen molar-refractivity contribution in [1.82, 2.24) is 14.9 Å². The molecule has 1 aliphatic heterocycles. The van der Waals surface area contributed by atoms with Crippen LogP contribution in [0.2, 0.25) is 0 Å². The lowest BCUT2D eigenvalue weighted by Crippen LogP contribution is -2.34. The van der Waals surface area contributed by atoms with Crippen LogP contribution in [0.15, 0.2) is 30.3 Å². The molecular weight excluding hydrogens is 312 g/mol. The molecule has 0 saturated carbocycles. The van der Waals surface area contributed by atoms with E-state index in [2.05, 4.69) is 46.0 Å². The van der Waals surface area contributed by atoms with E-state index in [9.17, 15) is 5.11 Å². The SMILES string of the molecule is CCc1c(C)nc(C)nc1N1CCN(Cc2ccccc2)C[C@@H](O)C1. The fourth-order valence-electron chi connectivity index (χ4n) is 3.63. The number of aliphatic hydroxyl groups excluding tert-OH is 1. The summed E-state index contributed by atoms with van der Waals surface area (Å²) in [6.45, 7) is 10.1. The quantitative estimate of drug-likeness (QED) is 0.926. The van der Waals surface area contributed by atoms with Gasteiger partial charge in [0.2, 0.25) is 0 Å². The van der Waals surface area contributed by atoms with E-state index >= 15 is 0 Å². The Kier molecular flexibility index (Phi) is 5.66. The lowest BCUT2D eigenvalue weighted by molar-refractivity contribution is 0.129. The summed E-state index contributed by atoms with van der Waals surface area (Å²) in [5, 5.41) is 10.5. The second-order valence-corrected chi connectivity index (χ2v) is 6.83.